The standard InChI is InChI=1S/C26H56N/c1-5-7-9-11-13-15-17-19-21-23-25-27(3,4)26-24-22-20-18-16-14-12-10-8-6-2/h5-26H2,1-4H3/q+1/i3D3,4D3. The van der Waals surface area contributed by atoms with Gasteiger partial charge < -0.3 is 4.48 Å². The van der Waals surface area contributed by atoms with Crippen LogP contribution in [0, 0.1) is 0 Å². The summed E-state index contributed by atoms with van der Waals surface area (Å²) in [7, 11) is 0. The van der Waals surface area contributed by atoms with E-state index in [1.807, 2.05) is 0 Å². The third kappa shape index (κ3) is 22.1. The summed E-state index contributed by atoms with van der Waals surface area (Å²) in [4.78, 5) is 0. The average Bonchev–Trinajstić information content (AvgIpc) is 2.73. The van der Waals surface area contributed by atoms with Gasteiger partial charge in [-0.1, -0.05) is 117 Å². The molecule has 164 valence electrons. The molecule has 0 unspecified atom stereocenters. The molecule has 0 aromatic heterocycles. The van der Waals surface area contributed by atoms with Crippen LogP contribution in [0.4, 0.5) is 0 Å². The van der Waals surface area contributed by atoms with Crippen LogP contribution in [0.5, 0.6) is 0 Å². The maximum absolute atomic E-state index is 8.09. The van der Waals surface area contributed by atoms with Crippen LogP contribution in [-0.2, 0) is 0 Å². The normalized spacial score (nSPS) is 16.2. The molecule has 0 fully saturated rings. The number of rotatable bonds is 22. The Morgan fingerprint density at radius 3 is 0.926 bits per heavy atom. The van der Waals surface area contributed by atoms with Crippen molar-refractivity contribution in [3.8, 4) is 0 Å². The average molecular weight is 389 g/mol. The molecule has 0 aliphatic carbocycles. The van der Waals surface area contributed by atoms with E-state index in [0.29, 0.717) is 12.8 Å². The van der Waals surface area contributed by atoms with Crippen LogP contribution in [0.25, 0.3) is 0 Å². The first-order valence-corrected chi connectivity index (χ1v) is 12.5. The first-order chi connectivity index (χ1) is 15.6. The summed E-state index contributed by atoms with van der Waals surface area (Å²) >= 11 is 0. The first kappa shape index (κ1) is 17.8. The molecule has 1 nitrogen and oxygen atoms in total. The van der Waals surface area contributed by atoms with E-state index in [1.165, 1.54) is 89.9 Å². The summed E-state index contributed by atoms with van der Waals surface area (Å²) in [6.45, 7) is -0.0590. The molecule has 0 aliphatic heterocycles. The van der Waals surface area contributed by atoms with E-state index in [-0.39, 0.29) is 13.1 Å². The number of unbranched alkanes of at least 4 members (excludes halogenated alkanes) is 18. The van der Waals surface area contributed by atoms with Crippen LogP contribution in [0.3, 0.4) is 0 Å². The summed E-state index contributed by atoms with van der Waals surface area (Å²) in [6, 6.07) is 0. The molecule has 0 atom stereocenters. The first-order valence-electron chi connectivity index (χ1n) is 15.5. The van der Waals surface area contributed by atoms with Crippen molar-refractivity contribution in [1.29, 1.82) is 0 Å². The van der Waals surface area contributed by atoms with Gasteiger partial charge in [-0.2, -0.15) is 0 Å². The van der Waals surface area contributed by atoms with E-state index in [1.54, 1.807) is 0 Å². The van der Waals surface area contributed by atoms with Crippen molar-refractivity contribution in [2.24, 2.45) is 0 Å². The van der Waals surface area contributed by atoms with Gasteiger partial charge in [-0.15, -0.1) is 0 Å². The van der Waals surface area contributed by atoms with Crippen molar-refractivity contribution in [3.63, 3.8) is 0 Å². The van der Waals surface area contributed by atoms with Crippen molar-refractivity contribution in [3.05, 3.63) is 0 Å². The third-order valence-corrected chi connectivity index (χ3v) is 5.79. The molecule has 0 spiro atoms. The maximum Gasteiger partial charge on any atom is 0.0886 e. The second-order valence-electron chi connectivity index (χ2n) is 8.78. The summed E-state index contributed by atoms with van der Waals surface area (Å²) < 4.78 is 47.8. The molecule has 0 radical (unpaired) electrons. The molecule has 0 saturated heterocycles. The Morgan fingerprint density at radius 1 is 0.407 bits per heavy atom. The zero-order valence-corrected chi connectivity index (χ0v) is 19.0. The van der Waals surface area contributed by atoms with Gasteiger partial charge in [-0.05, 0) is 25.7 Å². The van der Waals surface area contributed by atoms with Crippen molar-refractivity contribution in [1.82, 2.24) is 0 Å². The molecule has 0 amide bonds. The van der Waals surface area contributed by atoms with Crippen molar-refractivity contribution >= 4 is 0 Å². The van der Waals surface area contributed by atoms with Gasteiger partial charge in [-0.25, -0.2) is 0 Å². The molecule has 27 heavy (non-hydrogen) atoms. The second kappa shape index (κ2) is 20.7. The Morgan fingerprint density at radius 2 is 0.667 bits per heavy atom. The molecule has 1 heteroatoms. The van der Waals surface area contributed by atoms with E-state index in [2.05, 4.69) is 13.8 Å². The Bertz CT molecular complexity index is 393. The van der Waals surface area contributed by atoms with Crippen molar-refractivity contribution in [2.45, 2.75) is 142 Å². The van der Waals surface area contributed by atoms with E-state index in [0.717, 1.165) is 25.7 Å². The van der Waals surface area contributed by atoms with Gasteiger partial charge in [0.15, 0.2) is 0 Å². The molecule has 0 heterocycles. The van der Waals surface area contributed by atoms with Crippen LogP contribution in [-0.4, -0.2) is 31.5 Å². The minimum Gasteiger partial charge on any atom is -0.328 e. The minimum absolute atomic E-state index is 0.237. The summed E-state index contributed by atoms with van der Waals surface area (Å²) in [6.07, 6.45) is 23.2. The molecule has 0 N–H and O–H groups in total. The van der Waals surface area contributed by atoms with Gasteiger partial charge in [0.1, 0.15) is 0 Å². The minimum atomic E-state index is -2.50. The molecule has 0 bridgehead atoms. The lowest BCUT2D eigenvalue weighted by molar-refractivity contribution is -0.890. The monoisotopic (exact) mass is 388 g/mol. The van der Waals surface area contributed by atoms with Gasteiger partial charge in [0.25, 0.3) is 0 Å². The van der Waals surface area contributed by atoms with Gasteiger partial charge in [0.05, 0.1) is 35.3 Å². The van der Waals surface area contributed by atoms with Gasteiger partial charge in [-0.3, -0.25) is 0 Å². The highest BCUT2D eigenvalue weighted by molar-refractivity contribution is 4.50. The topological polar surface area (TPSA) is 0 Å². The largest absolute Gasteiger partial charge is 0.328 e. The fourth-order valence-electron chi connectivity index (χ4n) is 3.85. The molecule has 0 aromatic rings. The van der Waals surface area contributed by atoms with Gasteiger partial charge >= 0.3 is 0 Å². The zero-order chi connectivity index (χ0) is 25.1. The molecular weight excluding hydrogens is 326 g/mol. The summed E-state index contributed by atoms with van der Waals surface area (Å²) in [5.41, 5.74) is 0. The fraction of sp³-hybridized carbons (Fsp3) is 1.00. The summed E-state index contributed by atoms with van der Waals surface area (Å²) in [5.74, 6) is 0. The molecular formula is C26H56N+. The van der Waals surface area contributed by atoms with Crippen LogP contribution >= 0.6 is 0 Å². The molecule has 0 aliphatic rings. The number of quaternary nitrogens is 1. The quantitative estimate of drug-likeness (QED) is 0.128. The third-order valence-electron chi connectivity index (χ3n) is 5.79. The summed E-state index contributed by atoms with van der Waals surface area (Å²) in [5, 5.41) is 0. The van der Waals surface area contributed by atoms with Crippen molar-refractivity contribution in [2.75, 3.05) is 27.0 Å². The van der Waals surface area contributed by atoms with Crippen LogP contribution < -0.4 is 0 Å². The van der Waals surface area contributed by atoms with E-state index >= 15 is 0 Å². The highest BCUT2D eigenvalue weighted by atomic mass is 15.3. The SMILES string of the molecule is [2H]C([2H])([2H])[N+](CCCCCCCCCCCC)(CCCCCCCCCCCC)C([2H])([2H])[2H]. The zero-order valence-electron chi connectivity index (χ0n) is 25.0. The predicted octanol–water partition coefficient (Wildman–Crippen LogP) is 8.90. The van der Waals surface area contributed by atoms with Crippen molar-refractivity contribution < 1.29 is 12.7 Å². The Hall–Kier alpha value is -0.0400. The lowest BCUT2D eigenvalue weighted by atomic mass is 10.1. The fourth-order valence-corrected chi connectivity index (χ4v) is 3.85. The number of nitrogens with zero attached hydrogens (tertiary/aromatic N) is 1. The lowest BCUT2D eigenvalue weighted by Gasteiger charge is -2.30. The highest BCUT2D eigenvalue weighted by Gasteiger charge is 2.13. The lowest BCUT2D eigenvalue weighted by Crippen LogP contribution is -2.41. The smallest absolute Gasteiger partial charge is 0.0886 e. The highest BCUT2D eigenvalue weighted by Crippen LogP contribution is 2.14. The Labute approximate surface area is 182 Å². The molecule has 0 saturated carbocycles. The Kier molecular flexibility index (Phi) is 13.6. The van der Waals surface area contributed by atoms with Crippen LogP contribution in [0.2, 0.25) is 0 Å². The number of hydrogen-bond acceptors (Lipinski definition) is 0. The van der Waals surface area contributed by atoms with E-state index in [9.17, 15) is 0 Å². The molecule has 0 aromatic carbocycles. The Balaban J connectivity index is 4.36. The van der Waals surface area contributed by atoms with Gasteiger partial charge in [0.2, 0.25) is 0 Å². The van der Waals surface area contributed by atoms with E-state index < -0.39 is 18.4 Å². The second-order valence-corrected chi connectivity index (χ2v) is 8.78. The maximum atomic E-state index is 8.09. The molecule has 0 rings (SSSR count). The van der Waals surface area contributed by atoms with E-state index in [4.69, 9.17) is 8.22 Å². The predicted molar refractivity (Wildman–Crippen MR) is 126 cm³/mol. The van der Waals surface area contributed by atoms with Crippen LogP contribution in [0.15, 0.2) is 0 Å². The van der Waals surface area contributed by atoms with Crippen LogP contribution in [0.1, 0.15) is 150 Å². The van der Waals surface area contributed by atoms with Gasteiger partial charge in [0, 0.05) is 0 Å². The number of hydrogen-bond donors (Lipinski definition) is 0.